The maximum absolute atomic E-state index is 10.7. The molecule has 0 bridgehead atoms. The summed E-state index contributed by atoms with van der Waals surface area (Å²) in [5.74, 6) is -3.66. The van der Waals surface area contributed by atoms with Crippen molar-refractivity contribution in [2.75, 3.05) is 0 Å². The Bertz CT molecular complexity index is 274. The van der Waals surface area contributed by atoms with Crippen LogP contribution in [-0.2, 0) is 9.59 Å². The second kappa shape index (κ2) is 16.9. The molecule has 0 saturated carbocycles. The van der Waals surface area contributed by atoms with Crippen LogP contribution in [0.3, 0.4) is 0 Å². The Morgan fingerprint density at radius 1 is 0.727 bits per heavy atom. The molecule has 0 aliphatic rings. The van der Waals surface area contributed by atoms with Crippen LogP contribution in [0.15, 0.2) is 0 Å². The molecule has 0 fully saturated rings. The first-order valence-electron chi connectivity index (χ1n) is 8.55. The summed E-state index contributed by atoms with van der Waals surface area (Å²) in [5, 5.41) is 17.5. The van der Waals surface area contributed by atoms with Gasteiger partial charge in [0.25, 0.3) is 0 Å². The molecule has 4 nitrogen and oxygen atoms in total. The minimum Gasteiger partial charge on any atom is -1.00 e. The number of hydrogen-bond donors (Lipinski definition) is 2. The molecule has 0 radical (unpaired) electrons. The summed E-state index contributed by atoms with van der Waals surface area (Å²) in [6.45, 7) is 2.23. The van der Waals surface area contributed by atoms with Gasteiger partial charge in [0.15, 0.2) is 5.92 Å². The maximum Gasteiger partial charge on any atom is 1.00 e. The molecule has 0 atom stereocenters. The normalized spacial score (nSPS) is 10.5. The van der Waals surface area contributed by atoms with E-state index in [1.165, 1.54) is 57.8 Å². The van der Waals surface area contributed by atoms with Gasteiger partial charge < -0.3 is 11.6 Å². The molecule has 0 aliphatic carbocycles. The minimum atomic E-state index is -1.23. The van der Waals surface area contributed by atoms with Gasteiger partial charge >= 0.3 is 30.8 Å². The molecule has 0 aromatic rings. The first-order valence-corrected chi connectivity index (χ1v) is 8.55. The summed E-state index contributed by atoms with van der Waals surface area (Å²) < 4.78 is 0. The fourth-order valence-corrected chi connectivity index (χ4v) is 2.54. The number of carboxylic acid groups (broad SMARTS) is 2. The van der Waals surface area contributed by atoms with Crippen molar-refractivity contribution in [2.24, 2.45) is 5.92 Å². The van der Waals surface area contributed by atoms with Crippen molar-refractivity contribution in [3.8, 4) is 0 Å². The van der Waals surface area contributed by atoms with E-state index in [0.717, 1.165) is 12.8 Å². The van der Waals surface area contributed by atoms with Crippen molar-refractivity contribution in [3.05, 3.63) is 0 Å². The van der Waals surface area contributed by atoms with Crippen molar-refractivity contribution >= 4 is 11.9 Å². The Morgan fingerprint density at radius 3 is 1.36 bits per heavy atom. The summed E-state index contributed by atoms with van der Waals surface area (Å²) in [7, 11) is 0. The van der Waals surface area contributed by atoms with E-state index >= 15 is 0 Å². The monoisotopic (exact) mass is 308 g/mol. The fourth-order valence-electron chi connectivity index (χ4n) is 2.54. The van der Waals surface area contributed by atoms with E-state index in [2.05, 4.69) is 6.92 Å². The van der Waals surface area contributed by atoms with Gasteiger partial charge in [-0.1, -0.05) is 84.0 Å². The predicted octanol–water partition coefficient (Wildman–Crippen LogP) is 1.98. The van der Waals surface area contributed by atoms with Crippen molar-refractivity contribution in [1.82, 2.24) is 0 Å². The molecule has 5 heteroatoms. The average Bonchev–Trinajstić information content (AvgIpc) is 2.43. The minimum absolute atomic E-state index is 0. The number of unbranched alkanes of at least 4 members (excludes halogenated alkanes) is 11. The standard InChI is InChI=1S/C17H32O4.Li.H/c1-2-3-4-5-6-7-8-9-10-11-12-13-14-15(16(18)19)17(20)21;;/h15H,2-14H2,1H3,(H,18,19)(H,20,21);;/q;+1;-1. The first kappa shape index (κ1) is 23.8. The summed E-state index contributed by atoms with van der Waals surface area (Å²) in [5.41, 5.74) is 0. The fraction of sp³-hybridized carbons (Fsp3) is 0.882. The summed E-state index contributed by atoms with van der Waals surface area (Å²) >= 11 is 0. The van der Waals surface area contributed by atoms with E-state index in [1.807, 2.05) is 0 Å². The third-order valence-electron chi connectivity index (χ3n) is 3.94. The average molecular weight is 308 g/mol. The van der Waals surface area contributed by atoms with Crippen LogP contribution in [0.2, 0.25) is 0 Å². The van der Waals surface area contributed by atoms with Gasteiger partial charge in [-0.3, -0.25) is 9.59 Å². The van der Waals surface area contributed by atoms with Crippen LogP contribution in [0.5, 0.6) is 0 Å². The molecular formula is C17H33LiO4. The van der Waals surface area contributed by atoms with Crippen LogP contribution in [0.4, 0.5) is 0 Å². The van der Waals surface area contributed by atoms with Crippen LogP contribution in [0.1, 0.15) is 91.8 Å². The van der Waals surface area contributed by atoms with Gasteiger partial charge in [-0.15, -0.1) is 0 Å². The Balaban J connectivity index is -0.00000200. The number of hydrogen-bond acceptors (Lipinski definition) is 2. The van der Waals surface area contributed by atoms with E-state index in [1.54, 1.807) is 0 Å². The van der Waals surface area contributed by atoms with Crippen molar-refractivity contribution in [3.63, 3.8) is 0 Å². The summed E-state index contributed by atoms with van der Waals surface area (Å²) in [6, 6.07) is 0. The molecule has 0 unspecified atom stereocenters. The SMILES string of the molecule is CCCCCCCCCCCCCCC(C(=O)O)C(=O)O.[H-].[Li+]. The zero-order chi connectivity index (χ0) is 15.9. The summed E-state index contributed by atoms with van der Waals surface area (Å²) in [6.07, 6.45) is 14.7. The van der Waals surface area contributed by atoms with E-state index < -0.39 is 17.9 Å². The number of aliphatic carboxylic acids is 2. The molecule has 2 N–H and O–H groups in total. The van der Waals surface area contributed by atoms with Crippen LogP contribution < -0.4 is 18.9 Å². The van der Waals surface area contributed by atoms with Gasteiger partial charge in [-0.25, -0.2) is 0 Å². The van der Waals surface area contributed by atoms with Gasteiger partial charge in [0, 0.05) is 0 Å². The molecule has 126 valence electrons. The second-order valence-electron chi connectivity index (χ2n) is 5.91. The largest absolute Gasteiger partial charge is 1.00 e. The van der Waals surface area contributed by atoms with Gasteiger partial charge in [0.2, 0.25) is 0 Å². The van der Waals surface area contributed by atoms with Crippen molar-refractivity contribution < 1.29 is 40.1 Å². The topological polar surface area (TPSA) is 74.6 Å². The molecule has 0 aromatic heterocycles. The zero-order valence-corrected chi connectivity index (χ0v) is 14.5. The molecule has 0 aromatic carbocycles. The van der Waals surface area contributed by atoms with Gasteiger partial charge in [-0.05, 0) is 6.42 Å². The number of carboxylic acids is 2. The van der Waals surface area contributed by atoms with Gasteiger partial charge in [0.1, 0.15) is 0 Å². The van der Waals surface area contributed by atoms with E-state index in [4.69, 9.17) is 10.2 Å². The van der Waals surface area contributed by atoms with Crippen LogP contribution in [0, 0.1) is 5.92 Å². The molecule has 0 amide bonds. The number of carbonyl (C=O) groups is 2. The molecule has 0 aliphatic heterocycles. The smallest absolute Gasteiger partial charge is 1.00 e. The van der Waals surface area contributed by atoms with Gasteiger partial charge in [-0.2, -0.15) is 0 Å². The quantitative estimate of drug-likeness (QED) is 0.276. The Morgan fingerprint density at radius 2 is 1.05 bits per heavy atom. The molecular weight excluding hydrogens is 275 g/mol. The molecule has 0 saturated heterocycles. The Kier molecular flexibility index (Phi) is 18.3. The van der Waals surface area contributed by atoms with E-state index in [-0.39, 0.29) is 26.7 Å². The number of rotatable bonds is 15. The first-order chi connectivity index (χ1) is 10.1. The molecule has 0 heterocycles. The van der Waals surface area contributed by atoms with Crippen molar-refractivity contribution in [1.29, 1.82) is 0 Å². The van der Waals surface area contributed by atoms with Crippen LogP contribution in [-0.4, -0.2) is 22.2 Å². The Hall–Kier alpha value is -0.463. The molecule has 0 rings (SSSR count). The van der Waals surface area contributed by atoms with Crippen LogP contribution in [0.25, 0.3) is 0 Å². The third-order valence-corrected chi connectivity index (χ3v) is 3.94. The van der Waals surface area contributed by atoms with E-state index in [0.29, 0.717) is 6.42 Å². The second-order valence-corrected chi connectivity index (χ2v) is 5.91. The van der Waals surface area contributed by atoms with E-state index in [9.17, 15) is 9.59 Å². The zero-order valence-electron chi connectivity index (χ0n) is 15.5. The van der Waals surface area contributed by atoms with Crippen LogP contribution >= 0.6 is 0 Å². The third kappa shape index (κ3) is 14.5. The van der Waals surface area contributed by atoms with Gasteiger partial charge in [0.05, 0.1) is 0 Å². The maximum atomic E-state index is 10.7. The predicted molar refractivity (Wildman–Crippen MR) is 85.6 cm³/mol. The Labute approximate surface area is 148 Å². The molecule has 22 heavy (non-hydrogen) atoms. The summed E-state index contributed by atoms with van der Waals surface area (Å²) in [4.78, 5) is 21.4. The van der Waals surface area contributed by atoms with Crippen molar-refractivity contribution in [2.45, 2.75) is 90.4 Å². The molecule has 0 spiro atoms.